The number of rotatable bonds is 11. The fourth-order valence-corrected chi connectivity index (χ4v) is 2.58. The first kappa shape index (κ1) is 21.5. The van der Waals surface area contributed by atoms with E-state index in [0.29, 0.717) is 29.7 Å². The average molecular weight is 369 g/mol. The van der Waals surface area contributed by atoms with Crippen molar-refractivity contribution in [3.8, 4) is 5.75 Å². The highest BCUT2D eigenvalue weighted by Gasteiger charge is 2.12. The lowest BCUT2D eigenvalue weighted by Gasteiger charge is -2.14. The number of esters is 2. The molecule has 0 radical (unpaired) electrons. The maximum Gasteiger partial charge on any atom is 0.311 e. The Hall–Kier alpha value is -1.55. The van der Waals surface area contributed by atoms with Gasteiger partial charge in [0.2, 0.25) is 0 Å². The Bertz CT molecular complexity index is 557. The van der Waals surface area contributed by atoms with Crippen LogP contribution in [-0.2, 0) is 14.3 Å². The molecule has 0 aromatic heterocycles. The van der Waals surface area contributed by atoms with Crippen molar-refractivity contribution in [2.45, 2.75) is 65.7 Å². The average Bonchev–Trinajstić information content (AvgIpc) is 2.58. The fraction of sp³-hybridized carbons (Fsp3) is 0.600. The molecule has 0 spiro atoms. The molecule has 140 valence electrons. The van der Waals surface area contributed by atoms with Crippen molar-refractivity contribution < 1.29 is 19.1 Å². The van der Waals surface area contributed by atoms with Gasteiger partial charge in [-0.2, -0.15) is 0 Å². The van der Waals surface area contributed by atoms with E-state index in [-0.39, 0.29) is 18.8 Å². The summed E-state index contributed by atoms with van der Waals surface area (Å²) in [6, 6.07) is 5.26. The Morgan fingerprint density at radius 2 is 1.84 bits per heavy atom. The summed E-state index contributed by atoms with van der Waals surface area (Å²) < 4.78 is 10.6. The van der Waals surface area contributed by atoms with E-state index in [1.54, 1.807) is 12.1 Å². The summed E-state index contributed by atoms with van der Waals surface area (Å²) >= 11 is 5.99. The van der Waals surface area contributed by atoms with Crippen LogP contribution in [0.5, 0.6) is 5.75 Å². The molecular weight excluding hydrogens is 340 g/mol. The zero-order valence-electron chi connectivity index (χ0n) is 15.5. The molecule has 1 unspecified atom stereocenters. The third-order valence-electron chi connectivity index (χ3n) is 4.10. The van der Waals surface area contributed by atoms with E-state index in [9.17, 15) is 9.59 Å². The summed E-state index contributed by atoms with van der Waals surface area (Å²) in [5, 5.41) is 0.399. The van der Waals surface area contributed by atoms with Gasteiger partial charge in [-0.15, -0.1) is 0 Å². The minimum Gasteiger partial charge on any atom is -0.465 e. The highest BCUT2D eigenvalue weighted by atomic mass is 35.5. The molecule has 1 aromatic carbocycles. The standard InChI is InChI=1S/C20H29ClO4/c1-4-6-8-16(5-2)14-24-19(22)9-7-10-20(23)25-18-13-15(3)11-12-17(18)21/h11-13,16H,4-10,14H2,1-3H3. The topological polar surface area (TPSA) is 52.6 Å². The molecule has 0 aliphatic heterocycles. The van der Waals surface area contributed by atoms with Crippen LogP contribution >= 0.6 is 11.6 Å². The highest BCUT2D eigenvalue weighted by molar-refractivity contribution is 6.32. The lowest BCUT2D eigenvalue weighted by Crippen LogP contribution is -2.14. The summed E-state index contributed by atoms with van der Waals surface area (Å²) in [6.45, 7) is 6.63. The number of carbonyl (C=O) groups excluding carboxylic acids is 2. The summed E-state index contributed by atoms with van der Waals surface area (Å²) in [5.41, 5.74) is 0.962. The van der Waals surface area contributed by atoms with E-state index in [4.69, 9.17) is 21.1 Å². The number of hydrogen-bond donors (Lipinski definition) is 0. The normalized spacial score (nSPS) is 11.8. The van der Waals surface area contributed by atoms with Crippen LogP contribution in [0.25, 0.3) is 0 Å². The molecule has 0 aliphatic rings. The van der Waals surface area contributed by atoms with Gasteiger partial charge in [-0.25, -0.2) is 0 Å². The van der Waals surface area contributed by atoms with E-state index >= 15 is 0 Å². The Labute approximate surface area is 155 Å². The predicted octanol–water partition coefficient (Wildman–Crippen LogP) is 5.48. The molecule has 0 aliphatic carbocycles. The highest BCUT2D eigenvalue weighted by Crippen LogP contribution is 2.25. The molecule has 4 nitrogen and oxygen atoms in total. The van der Waals surface area contributed by atoms with Crippen LogP contribution in [-0.4, -0.2) is 18.5 Å². The van der Waals surface area contributed by atoms with Crippen molar-refractivity contribution in [2.75, 3.05) is 6.61 Å². The van der Waals surface area contributed by atoms with E-state index in [2.05, 4.69) is 13.8 Å². The minimum absolute atomic E-state index is 0.159. The minimum atomic E-state index is -0.394. The largest absolute Gasteiger partial charge is 0.465 e. The lowest BCUT2D eigenvalue weighted by molar-refractivity contribution is -0.145. The van der Waals surface area contributed by atoms with Crippen LogP contribution in [0.2, 0.25) is 5.02 Å². The molecule has 5 heteroatoms. The monoisotopic (exact) mass is 368 g/mol. The molecule has 0 saturated heterocycles. The number of aryl methyl sites for hydroxylation is 1. The number of carbonyl (C=O) groups is 2. The van der Waals surface area contributed by atoms with Crippen LogP contribution in [0.3, 0.4) is 0 Å². The Morgan fingerprint density at radius 3 is 2.52 bits per heavy atom. The van der Waals surface area contributed by atoms with E-state index < -0.39 is 5.97 Å². The van der Waals surface area contributed by atoms with Gasteiger partial charge in [0.15, 0.2) is 0 Å². The third-order valence-corrected chi connectivity index (χ3v) is 4.41. The molecule has 1 aromatic rings. The van der Waals surface area contributed by atoms with Crippen molar-refractivity contribution in [3.63, 3.8) is 0 Å². The van der Waals surface area contributed by atoms with Crippen molar-refractivity contribution >= 4 is 23.5 Å². The molecular formula is C20H29ClO4. The molecule has 0 bridgehead atoms. The quantitative estimate of drug-likeness (QED) is 0.383. The molecule has 0 heterocycles. The number of benzene rings is 1. The van der Waals surface area contributed by atoms with E-state index in [1.165, 1.54) is 0 Å². The summed E-state index contributed by atoms with van der Waals surface area (Å²) in [7, 11) is 0. The zero-order chi connectivity index (χ0) is 18.7. The second kappa shape index (κ2) is 11.9. The van der Waals surface area contributed by atoms with Crippen LogP contribution < -0.4 is 4.74 Å². The van der Waals surface area contributed by atoms with Gasteiger partial charge in [0.05, 0.1) is 11.6 Å². The first-order chi connectivity index (χ1) is 12.0. The smallest absolute Gasteiger partial charge is 0.311 e. The van der Waals surface area contributed by atoms with E-state index in [0.717, 1.165) is 31.2 Å². The summed E-state index contributed by atoms with van der Waals surface area (Å²) in [4.78, 5) is 23.6. The molecule has 0 N–H and O–H groups in total. The SMILES string of the molecule is CCCCC(CC)COC(=O)CCCC(=O)Oc1cc(C)ccc1Cl. The van der Waals surface area contributed by atoms with Crippen molar-refractivity contribution in [2.24, 2.45) is 5.92 Å². The van der Waals surface area contributed by atoms with Crippen molar-refractivity contribution in [1.82, 2.24) is 0 Å². The number of unbranched alkanes of at least 4 members (excludes halogenated alkanes) is 1. The van der Waals surface area contributed by atoms with Gasteiger partial charge in [-0.1, -0.05) is 50.8 Å². The van der Waals surface area contributed by atoms with Gasteiger partial charge in [0.25, 0.3) is 0 Å². The second-order valence-electron chi connectivity index (χ2n) is 6.36. The molecule has 0 fully saturated rings. The van der Waals surface area contributed by atoms with Crippen molar-refractivity contribution in [3.05, 3.63) is 28.8 Å². The van der Waals surface area contributed by atoms with Crippen LogP contribution in [0, 0.1) is 12.8 Å². The third kappa shape index (κ3) is 8.92. The predicted molar refractivity (Wildman–Crippen MR) is 99.9 cm³/mol. The van der Waals surface area contributed by atoms with Crippen LogP contribution in [0.4, 0.5) is 0 Å². The van der Waals surface area contributed by atoms with Gasteiger partial charge < -0.3 is 9.47 Å². The Kier molecular flexibility index (Phi) is 10.2. The number of ether oxygens (including phenoxy) is 2. The number of halogens is 1. The first-order valence-corrected chi connectivity index (χ1v) is 9.46. The van der Waals surface area contributed by atoms with Gasteiger partial charge >= 0.3 is 11.9 Å². The maximum atomic E-state index is 11.9. The van der Waals surface area contributed by atoms with E-state index in [1.807, 2.05) is 13.0 Å². The van der Waals surface area contributed by atoms with Gasteiger partial charge in [0.1, 0.15) is 5.75 Å². The van der Waals surface area contributed by atoms with Gasteiger partial charge in [-0.3, -0.25) is 9.59 Å². The van der Waals surface area contributed by atoms with Crippen LogP contribution in [0.15, 0.2) is 18.2 Å². The molecule has 1 rings (SSSR count). The molecule has 1 atom stereocenters. The zero-order valence-corrected chi connectivity index (χ0v) is 16.2. The number of hydrogen-bond acceptors (Lipinski definition) is 4. The van der Waals surface area contributed by atoms with Crippen LogP contribution in [0.1, 0.15) is 64.4 Å². The summed E-state index contributed by atoms with van der Waals surface area (Å²) in [6.07, 6.45) is 5.20. The molecule has 0 saturated carbocycles. The maximum absolute atomic E-state index is 11.9. The van der Waals surface area contributed by atoms with Gasteiger partial charge in [0, 0.05) is 12.8 Å². The Morgan fingerprint density at radius 1 is 1.12 bits per heavy atom. The second-order valence-corrected chi connectivity index (χ2v) is 6.77. The summed E-state index contributed by atoms with van der Waals surface area (Å²) in [5.74, 6) is 0.138. The Balaban J connectivity index is 2.26. The molecule has 0 amide bonds. The first-order valence-electron chi connectivity index (χ1n) is 9.08. The fourth-order valence-electron chi connectivity index (χ4n) is 2.42. The van der Waals surface area contributed by atoms with Crippen molar-refractivity contribution in [1.29, 1.82) is 0 Å². The molecule has 25 heavy (non-hydrogen) atoms. The lowest BCUT2D eigenvalue weighted by atomic mass is 10.0. The van der Waals surface area contributed by atoms with Gasteiger partial charge in [-0.05, 0) is 43.4 Å².